The largest absolute Gasteiger partial charge is 0.309 e. The van der Waals surface area contributed by atoms with Crippen molar-refractivity contribution >= 4 is 43.6 Å². The predicted octanol–water partition coefficient (Wildman–Crippen LogP) is 27.9. The Balaban J connectivity index is 0.595. The third-order valence-electron chi connectivity index (χ3n) is 26.6. The molecule has 0 fully saturated rings. The van der Waals surface area contributed by atoms with Crippen molar-refractivity contribution in [3.8, 4) is 158 Å². The molecule has 0 N–H and O–H groups in total. The van der Waals surface area contributed by atoms with Crippen LogP contribution < -0.4 is 0 Å². The summed E-state index contributed by atoms with van der Waals surface area (Å²) in [5.41, 5.74) is 37.1. The summed E-state index contributed by atoms with van der Waals surface area (Å²) in [6.45, 7) is 0. The molecule has 0 saturated heterocycles. The van der Waals surface area contributed by atoms with Crippen molar-refractivity contribution in [1.29, 1.82) is 0 Å². The lowest BCUT2D eigenvalue weighted by molar-refractivity contribution is 0.748. The zero-order valence-electron chi connectivity index (χ0n) is 67.0. The molecule has 2 spiro atoms. The fourth-order valence-electron chi connectivity index (χ4n) is 21.5. The van der Waals surface area contributed by atoms with E-state index in [0.29, 0.717) is 34.9 Å². The Kier molecular flexibility index (Phi) is 15.2. The molecule has 6 heterocycles. The van der Waals surface area contributed by atoms with E-state index in [1.165, 1.54) is 111 Å². The summed E-state index contributed by atoms with van der Waals surface area (Å²) in [5.74, 6) is 3.57. The lowest BCUT2D eigenvalue weighted by Crippen LogP contribution is -2.33. The van der Waals surface area contributed by atoms with Crippen molar-refractivity contribution in [2.45, 2.75) is 10.8 Å². The van der Waals surface area contributed by atoms with E-state index in [0.717, 1.165) is 100 Å². The van der Waals surface area contributed by atoms with Crippen LogP contribution in [0.15, 0.2) is 425 Å². The quantitative estimate of drug-likeness (QED) is 0.128. The van der Waals surface area contributed by atoms with E-state index < -0.39 is 10.8 Å². The van der Waals surface area contributed by atoms with E-state index >= 15 is 0 Å². The maximum Gasteiger partial charge on any atom is 0.164 e. The van der Waals surface area contributed by atoms with Crippen LogP contribution in [0, 0.1) is 0 Å². The van der Waals surface area contributed by atoms with E-state index in [4.69, 9.17) is 29.9 Å². The van der Waals surface area contributed by atoms with Gasteiger partial charge in [0.15, 0.2) is 34.9 Å². The van der Waals surface area contributed by atoms with Gasteiger partial charge in [0.25, 0.3) is 0 Å². The summed E-state index contributed by atoms with van der Waals surface area (Å²) in [6.07, 6.45) is 0. The number of rotatable bonds is 11. The molecule has 2 aliphatic heterocycles. The summed E-state index contributed by atoms with van der Waals surface area (Å²) in [6, 6.07) is 155. The summed E-state index contributed by atoms with van der Waals surface area (Å²) in [5, 5.41) is 4.86. The van der Waals surface area contributed by atoms with Crippen LogP contribution in [0.1, 0.15) is 44.5 Å². The summed E-state index contributed by atoms with van der Waals surface area (Å²) < 4.78 is 5.04. The average molecular weight is 1580 g/mol. The molecule has 0 bridgehead atoms. The standard InChI is InChI=1S/C116H70N8/c1-4-30-71(31-5-1)74-36-22-40-79(66-74)110-118-111(120-112(119-110)81-42-24-38-77(68-81)84-49-26-57-97-105(84)90-47-12-15-53-93(90)115(97)95-55-17-20-62-103(95)123-101-61-19-14-45-86(101)87-51-28-59-99(115)107(87)123)80-41-23-37-75(67-80)76-64-65-102-92(70-76)88-52-29-60-100-108(88)124(102)104-63-21-18-56-96(104)116(100)94-54-16-13-48-91(94)106-85(50-27-58-98(106)116)78-39-25-43-82(69-78)113-117-109(73-34-8-3-9-35-73)121-114(122-113)89-46-11-10-44-83(89)72-32-6-2-7-33-72/h1-70H. The molecule has 22 aromatic rings. The first-order valence-electron chi connectivity index (χ1n) is 42.5. The Morgan fingerprint density at radius 1 is 0.161 bits per heavy atom. The van der Waals surface area contributed by atoms with Gasteiger partial charge in [-0.3, -0.25) is 0 Å². The highest BCUT2D eigenvalue weighted by molar-refractivity contribution is 6.16. The van der Waals surface area contributed by atoms with Crippen LogP contribution in [0.5, 0.6) is 0 Å². The second-order valence-electron chi connectivity index (χ2n) is 33.0. The molecular weight excluding hydrogens is 1510 g/mol. The smallest absolute Gasteiger partial charge is 0.164 e. The van der Waals surface area contributed by atoms with E-state index in [-0.39, 0.29) is 0 Å². The number of hydrogen-bond acceptors (Lipinski definition) is 6. The van der Waals surface area contributed by atoms with Gasteiger partial charge in [-0.25, -0.2) is 29.9 Å². The maximum absolute atomic E-state index is 5.56. The first-order valence-corrected chi connectivity index (χ1v) is 42.5. The second-order valence-corrected chi connectivity index (χ2v) is 33.0. The third-order valence-corrected chi connectivity index (χ3v) is 26.6. The van der Waals surface area contributed by atoms with Crippen LogP contribution >= 0.6 is 0 Å². The molecule has 2 atom stereocenters. The molecule has 0 amide bonds. The molecule has 0 radical (unpaired) electrons. The number of aromatic nitrogens is 8. The Hall–Kier alpha value is -16.4. The summed E-state index contributed by atoms with van der Waals surface area (Å²) >= 11 is 0. The van der Waals surface area contributed by atoms with Crippen molar-refractivity contribution in [2.24, 2.45) is 0 Å². The lowest BCUT2D eigenvalue weighted by Gasteiger charge is -2.39. The van der Waals surface area contributed by atoms with Crippen LogP contribution in [-0.4, -0.2) is 39.0 Å². The zero-order chi connectivity index (χ0) is 81.3. The van der Waals surface area contributed by atoms with Gasteiger partial charge >= 0.3 is 0 Å². The Morgan fingerprint density at radius 3 is 1.00 bits per heavy atom. The molecule has 0 saturated carbocycles. The number of fused-ring (bicyclic) bond motifs is 24. The van der Waals surface area contributed by atoms with Crippen LogP contribution in [0.2, 0.25) is 0 Å². The molecular formula is C116H70N8. The Morgan fingerprint density at radius 2 is 0.476 bits per heavy atom. The van der Waals surface area contributed by atoms with Crippen LogP contribution in [0.3, 0.4) is 0 Å². The molecule has 4 aromatic heterocycles. The molecule has 26 rings (SSSR count). The summed E-state index contributed by atoms with van der Waals surface area (Å²) in [7, 11) is 0. The highest BCUT2D eigenvalue weighted by atomic mass is 15.1. The molecule has 574 valence electrons. The van der Waals surface area contributed by atoms with Gasteiger partial charge in [0.2, 0.25) is 0 Å². The molecule has 2 unspecified atom stereocenters. The van der Waals surface area contributed by atoms with Gasteiger partial charge in [-0.05, 0) is 177 Å². The van der Waals surface area contributed by atoms with Crippen molar-refractivity contribution < 1.29 is 0 Å². The van der Waals surface area contributed by atoms with E-state index in [2.05, 4.69) is 410 Å². The van der Waals surface area contributed by atoms with E-state index in [9.17, 15) is 0 Å². The van der Waals surface area contributed by atoms with Gasteiger partial charge in [0.1, 0.15) is 0 Å². The highest BCUT2D eigenvalue weighted by Gasteiger charge is 2.53. The highest BCUT2D eigenvalue weighted by Crippen LogP contribution is 2.65. The zero-order valence-corrected chi connectivity index (χ0v) is 67.0. The van der Waals surface area contributed by atoms with Gasteiger partial charge in [0.05, 0.1) is 44.3 Å². The normalized spacial score (nSPS) is 14.7. The number of benzene rings is 18. The van der Waals surface area contributed by atoms with E-state index in [1.54, 1.807) is 0 Å². The molecule has 18 aromatic carbocycles. The van der Waals surface area contributed by atoms with Crippen molar-refractivity contribution in [3.63, 3.8) is 0 Å². The lowest BCUT2D eigenvalue weighted by atomic mass is 9.65. The maximum atomic E-state index is 5.56. The van der Waals surface area contributed by atoms with Gasteiger partial charge < -0.3 is 9.13 Å². The number of hydrogen-bond donors (Lipinski definition) is 0. The van der Waals surface area contributed by atoms with Crippen LogP contribution in [0.4, 0.5) is 0 Å². The topological polar surface area (TPSA) is 87.2 Å². The van der Waals surface area contributed by atoms with Crippen LogP contribution in [-0.2, 0) is 10.8 Å². The third kappa shape index (κ3) is 10.1. The van der Waals surface area contributed by atoms with Crippen molar-refractivity contribution in [1.82, 2.24) is 39.0 Å². The van der Waals surface area contributed by atoms with E-state index in [1.807, 2.05) is 24.3 Å². The average Bonchev–Trinajstić information content (AvgIpc) is 1.49. The van der Waals surface area contributed by atoms with Crippen molar-refractivity contribution in [3.05, 3.63) is 469 Å². The predicted molar refractivity (Wildman–Crippen MR) is 503 cm³/mol. The Bertz CT molecular complexity index is 8270. The SMILES string of the molecule is c1ccc(-c2cccc(-c3nc(-c4cccc(-c5ccc6c(c5)c5cccc7c5n6-c5ccccc5C75c6ccccc6-c6c(-c7cccc(-c8nc(-c9ccccc9)nc(-c9ccccc9-c9ccccc9)n8)c7)cccc65)c4)nc(-c4cccc(-c5cccc6c5-c5ccccc5C65c6ccccc6-n6c7ccccc7c7cccc5c76)c4)n3)c2)cc1. The fourth-order valence-corrected chi connectivity index (χ4v) is 21.5. The van der Waals surface area contributed by atoms with Crippen LogP contribution in [0.25, 0.3) is 201 Å². The van der Waals surface area contributed by atoms with Gasteiger partial charge in [-0.2, -0.15) is 0 Å². The molecule has 2 aliphatic carbocycles. The number of para-hydroxylation sites is 5. The minimum absolute atomic E-state index is 0.579. The molecule has 124 heavy (non-hydrogen) atoms. The molecule has 8 heteroatoms. The molecule has 8 nitrogen and oxygen atoms in total. The van der Waals surface area contributed by atoms with Gasteiger partial charge in [0, 0.05) is 54.9 Å². The minimum Gasteiger partial charge on any atom is -0.309 e. The second kappa shape index (κ2) is 27.0. The first kappa shape index (κ1) is 69.5. The minimum atomic E-state index is -0.691. The van der Waals surface area contributed by atoms with Crippen molar-refractivity contribution in [2.75, 3.05) is 0 Å². The first-order chi connectivity index (χ1) is 61.5. The number of nitrogens with zero attached hydrogens (tertiary/aromatic N) is 8. The van der Waals surface area contributed by atoms with Gasteiger partial charge in [-0.15, -0.1) is 0 Å². The monoisotopic (exact) mass is 1570 g/mol. The summed E-state index contributed by atoms with van der Waals surface area (Å²) in [4.78, 5) is 32.4. The van der Waals surface area contributed by atoms with Gasteiger partial charge in [-0.1, -0.05) is 370 Å². The fraction of sp³-hybridized carbons (Fsp3) is 0.0172. The Labute approximate surface area is 715 Å². The molecule has 4 aliphatic rings.